The maximum absolute atomic E-state index is 12.9. The highest BCUT2D eigenvalue weighted by molar-refractivity contribution is 6.31. The molecule has 1 aromatic heterocycles. The lowest BCUT2D eigenvalue weighted by Gasteiger charge is -2.21. The molecule has 1 atom stereocenters. The van der Waals surface area contributed by atoms with Gasteiger partial charge in [0.15, 0.2) is 0 Å². The van der Waals surface area contributed by atoms with Crippen molar-refractivity contribution in [3.05, 3.63) is 52.4 Å². The summed E-state index contributed by atoms with van der Waals surface area (Å²) >= 11 is 6.04. The van der Waals surface area contributed by atoms with Gasteiger partial charge in [-0.2, -0.15) is 0 Å². The Kier molecular flexibility index (Phi) is 4.97. The normalized spacial score (nSPS) is 19.1. The highest BCUT2D eigenvalue weighted by Gasteiger charge is 2.42. The summed E-state index contributed by atoms with van der Waals surface area (Å²) in [5, 5.41) is 12.4. The molecule has 1 saturated heterocycles. The summed E-state index contributed by atoms with van der Waals surface area (Å²) in [6, 6.07) is 6.11. The maximum Gasteiger partial charge on any atom is 0.311 e. The summed E-state index contributed by atoms with van der Waals surface area (Å²) in [5.41, 5.74) is -0.0991. The minimum Gasteiger partial charge on any atom is -0.481 e. The molecule has 0 saturated carbocycles. The molecular weight excluding hydrogens is 372 g/mol. The van der Waals surface area contributed by atoms with Gasteiger partial charge in [0.2, 0.25) is 0 Å². The Bertz CT molecular complexity index is 923. The quantitative estimate of drug-likeness (QED) is 0.833. The van der Waals surface area contributed by atoms with Gasteiger partial charge in [-0.15, -0.1) is 0 Å². The van der Waals surface area contributed by atoms with Gasteiger partial charge in [0.25, 0.3) is 11.8 Å². The first kappa shape index (κ1) is 19.0. The summed E-state index contributed by atoms with van der Waals surface area (Å²) in [5.74, 6) is -1.25. The number of carbonyl (C=O) groups is 3. The highest BCUT2D eigenvalue weighted by Crippen LogP contribution is 2.32. The van der Waals surface area contributed by atoms with Gasteiger partial charge >= 0.3 is 5.97 Å². The van der Waals surface area contributed by atoms with Crippen LogP contribution in [0, 0.1) is 12.3 Å². The second-order valence-corrected chi connectivity index (χ2v) is 7.31. The lowest BCUT2D eigenvalue weighted by Crippen LogP contribution is -2.35. The SMILES string of the molecule is Cc1occc1C(=O)Nc1cc(Cl)ccc1C(=O)N1CCC(C)(C(=O)O)C1. The monoisotopic (exact) mass is 390 g/mol. The molecule has 0 bridgehead atoms. The molecule has 0 spiro atoms. The molecule has 1 aliphatic rings. The smallest absolute Gasteiger partial charge is 0.311 e. The number of hydrogen-bond acceptors (Lipinski definition) is 4. The van der Waals surface area contributed by atoms with E-state index in [9.17, 15) is 19.5 Å². The van der Waals surface area contributed by atoms with Crippen molar-refractivity contribution in [3.8, 4) is 0 Å². The summed E-state index contributed by atoms with van der Waals surface area (Å²) in [7, 11) is 0. The first-order valence-corrected chi connectivity index (χ1v) is 8.77. The Balaban J connectivity index is 1.86. The van der Waals surface area contributed by atoms with E-state index in [1.54, 1.807) is 19.9 Å². The van der Waals surface area contributed by atoms with Gasteiger partial charge in [-0.05, 0) is 44.5 Å². The molecule has 1 fully saturated rings. The number of aliphatic carboxylic acids is 1. The average molecular weight is 391 g/mol. The van der Waals surface area contributed by atoms with Crippen LogP contribution in [-0.2, 0) is 4.79 Å². The maximum atomic E-state index is 12.9. The van der Waals surface area contributed by atoms with Crippen molar-refractivity contribution in [1.82, 2.24) is 4.90 Å². The minimum absolute atomic E-state index is 0.109. The van der Waals surface area contributed by atoms with Crippen LogP contribution >= 0.6 is 11.6 Å². The van der Waals surface area contributed by atoms with Crippen LogP contribution in [0.2, 0.25) is 5.02 Å². The van der Waals surface area contributed by atoms with Gasteiger partial charge < -0.3 is 19.7 Å². The molecule has 8 heteroatoms. The molecule has 2 aromatic rings. The van der Waals surface area contributed by atoms with Gasteiger partial charge in [0.05, 0.1) is 28.5 Å². The molecule has 1 unspecified atom stereocenters. The molecule has 1 aliphatic heterocycles. The van der Waals surface area contributed by atoms with Gasteiger partial charge in [0, 0.05) is 18.1 Å². The van der Waals surface area contributed by atoms with Crippen molar-refractivity contribution in [2.45, 2.75) is 20.3 Å². The standard InChI is InChI=1S/C19H19ClN2O5/c1-11-13(5-8-27-11)16(23)21-15-9-12(20)3-4-14(15)17(24)22-7-6-19(2,10-22)18(25)26/h3-5,8-9H,6-7,10H2,1-2H3,(H,21,23)(H,25,26). The Hall–Kier alpha value is -2.80. The number of carboxylic acid groups (broad SMARTS) is 1. The molecule has 2 N–H and O–H groups in total. The third-order valence-corrected chi connectivity index (χ3v) is 5.08. The summed E-state index contributed by atoms with van der Waals surface area (Å²) in [6.07, 6.45) is 1.78. The number of carbonyl (C=O) groups excluding carboxylic acids is 2. The van der Waals surface area contributed by atoms with Gasteiger partial charge in [-0.25, -0.2) is 0 Å². The lowest BCUT2D eigenvalue weighted by molar-refractivity contribution is -0.147. The van der Waals surface area contributed by atoms with Crippen molar-refractivity contribution in [1.29, 1.82) is 0 Å². The fourth-order valence-corrected chi connectivity index (χ4v) is 3.27. The second-order valence-electron chi connectivity index (χ2n) is 6.88. The number of carboxylic acids is 1. The van der Waals surface area contributed by atoms with Crippen LogP contribution in [0.25, 0.3) is 0 Å². The Labute approximate surface area is 160 Å². The molecular formula is C19H19ClN2O5. The fraction of sp³-hybridized carbons (Fsp3) is 0.316. The van der Waals surface area contributed by atoms with E-state index >= 15 is 0 Å². The van der Waals surface area contributed by atoms with Crippen molar-refractivity contribution in [2.75, 3.05) is 18.4 Å². The summed E-state index contributed by atoms with van der Waals surface area (Å²) in [6.45, 7) is 3.72. The van der Waals surface area contributed by atoms with E-state index in [1.165, 1.54) is 29.4 Å². The molecule has 1 aromatic carbocycles. The zero-order valence-electron chi connectivity index (χ0n) is 14.9. The molecule has 7 nitrogen and oxygen atoms in total. The zero-order valence-corrected chi connectivity index (χ0v) is 15.7. The van der Waals surface area contributed by atoms with E-state index in [0.29, 0.717) is 29.3 Å². The van der Waals surface area contributed by atoms with Gasteiger partial charge in [0.1, 0.15) is 5.76 Å². The number of halogens is 1. The predicted octanol–water partition coefficient (Wildman–Crippen LogP) is 3.43. The van der Waals surface area contributed by atoms with Crippen molar-refractivity contribution >= 4 is 35.1 Å². The third-order valence-electron chi connectivity index (χ3n) is 4.84. The van der Waals surface area contributed by atoms with E-state index in [0.717, 1.165) is 0 Å². The van der Waals surface area contributed by atoms with Crippen molar-refractivity contribution in [3.63, 3.8) is 0 Å². The molecule has 2 amide bonds. The minimum atomic E-state index is -0.973. The number of benzene rings is 1. The van der Waals surface area contributed by atoms with Crippen LogP contribution in [0.5, 0.6) is 0 Å². The number of likely N-dealkylation sites (tertiary alicyclic amines) is 1. The van der Waals surface area contributed by atoms with E-state index in [-0.39, 0.29) is 23.7 Å². The van der Waals surface area contributed by atoms with Crippen molar-refractivity contribution in [2.24, 2.45) is 5.41 Å². The molecule has 3 rings (SSSR count). The number of hydrogen-bond donors (Lipinski definition) is 2. The number of amides is 2. The highest BCUT2D eigenvalue weighted by atomic mass is 35.5. The molecule has 27 heavy (non-hydrogen) atoms. The van der Waals surface area contributed by atoms with Crippen molar-refractivity contribution < 1.29 is 23.9 Å². The van der Waals surface area contributed by atoms with Crippen LogP contribution in [0.1, 0.15) is 39.8 Å². The Morgan fingerprint density at radius 3 is 2.59 bits per heavy atom. The second kappa shape index (κ2) is 7.08. The number of nitrogens with zero attached hydrogens (tertiary/aromatic N) is 1. The topological polar surface area (TPSA) is 99.9 Å². The molecule has 0 aliphatic carbocycles. The van der Waals surface area contributed by atoms with E-state index in [4.69, 9.17) is 16.0 Å². The van der Waals surface area contributed by atoms with Gasteiger partial charge in [-0.3, -0.25) is 14.4 Å². The number of rotatable bonds is 4. The predicted molar refractivity (Wildman–Crippen MR) is 99.1 cm³/mol. The summed E-state index contributed by atoms with van der Waals surface area (Å²) in [4.78, 5) is 38.3. The van der Waals surface area contributed by atoms with E-state index in [2.05, 4.69) is 5.32 Å². The molecule has 142 valence electrons. The molecule has 2 heterocycles. The number of anilines is 1. The lowest BCUT2D eigenvalue weighted by atomic mass is 9.90. The third kappa shape index (κ3) is 3.68. The first-order chi connectivity index (χ1) is 12.7. The molecule has 0 radical (unpaired) electrons. The zero-order chi connectivity index (χ0) is 19.8. The first-order valence-electron chi connectivity index (χ1n) is 8.39. The number of nitrogens with one attached hydrogen (secondary N) is 1. The average Bonchev–Trinajstić information content (AvgIpc) is 3.21. The summed E-state index contributed by atoms with van der Waals surface area (Å²) < 4.78 is 5.13. The van der Waals surface area contributed by atoms with Crippen LogP contribution in [0.15, 0.2) is 34.9 Å². The van der Waals surface area contributed by atoms with Crippen LogP contribution in [0.4, 0.5) is 5.69 Å². The Morgan fingerprint density at radius 1 is 1.26 bits per heavy atom. The number of furan rings is 1. The van der Waals surface area contributed by atoms with E-state index in [1.807, 2.05) is 0 Å². The Morgan fingerprint density at radius 2 is 2.00 bits per heavy atom. The van der Waals surface area contributed by atoms with Crippen LogP contribution in [-0.4, -0.2) is 40.9 Å². The van der Waals surface area contributed by atoms with E-state index < -0.39 is 17.3 Å². The largest absolute Gasteiger partial charge is 0.481 e. The fourth-order valence-electron chi connectivity index (χ4n) is 3.10. The van der Waals surface area contributed by atoms with Crippen LogP contribution < -0.4 is 5.32 Å². The van der Waals surface area contributed by atoms with Crippen LogP contribution in [0.3, 0.4) is 0 Å². The number of aryl methyl sites for hydroxylation is 1. The van der Waals surface area contributed by atoms with Gasteiger partial charge in [-0.1, -0.05) is 11.6 Å².